The zero-order valence-corrected chi connectivity index (χ0v) is 70.5. The second-order valence-electron chi connectivity index (χ2n) is 29.8. The van der Waals surface area contributed by atoms with Gasteiger partial charge in [0.25, 0.3) is 0 Å². The Morgan fingerprint density at radius 1 is 0.159 bits per heavy atom. The van der Waals surface area contributed by atoms with Gasteiger partial charge in [-0.05, 0) is 142 Å². The van der Waals surface area contributed by atoms with Gasteiger partial charge in [-0.2, -0.15) is 0 Å². The van der Waals surface area contributed by atoms with E-state index in [1.807, 2.05) is 339 Å². The van der Waals surface area contributed by atoms with Crippen LogP contribution in [0.15, 0.2) is 419 Å². The van der Waals surface area contributed by atoms with Crippen LogP contribution in [0.25, 0.3) is 168 Å². The van der Waals surface area contributed by atoms with E-state index in [1.54, 1.807) is 18.6 Å². The monoisotopic (exact) mass is 1630 g/mol. The predicted octanol–water partition coefficient (Wildman–Crippen LogP) is 26.4. The Morgan fingerprint density at radius 2 is 0.476 bits per heavy atom. The van der Waals surface area contributed by atoms with Crippen LogP contribution in [0.4, 0.5) is 0 Å². The van der Waals surface area contributed by atoms with Crippen LogP contribution in [0.1, 0.15) is 34.2 Å². The highest BCUT2D eigenvalue weighted by Crippen LogP contribution is 2.34. The molecule has 9 heterocycles. The van der Waals surface area contributed by atoms with Crippen molar-refractivity contribution in [3.05, 3.63) is 453 Å². The molecule has 0 aliphatic heterocycles. The van der Waals surface area contributed by atoms with Crippen molar-refractivity contribution >= 4 is 32.4 Å². The molecule has 606 valence electrons. The smallest absolute Gasteiger partial charge is 0.160 e. The van der Waals surface area contributed by atoms with Crippen LogP contribution in [0.2, 0.25) is 0 Å². The average Bonchev–Trinajstić information content (AvgIpc) is 0.817. The maximum Gasteiger partial charge on any atom is 0.160 e. The highest BCUT2D eigenvalue weighted by atomic mass is 14.9. The number of hydrogen-bond donors (Lipinski definition) is 0. The molecule has 0 saturated heterocycles. The Morgan fingerprint density at radius 3 is 0.905 bits per heavy atom. The van der Waals surface area contributed by atoms with Gasteiger partial charge in [-0.25, -0.2) is 59.8 Å². The lowest BCUT2D eigenvalue weighted by molar-refractivity contribution is 1.10. The number of hydrogen-bond acceptors (Lipinski definition) is 15. The van der Waals surface area contributed by atoms with Crippen molar-refractivity contribution < 1.29 is 0 Å². The Labute approximate surface area is 733 Å². The van der Waals surface area contributed by atoms with Crippen LogP contribution in [0.5, 0.6) is 0 Å². The molecule has 21 rings (SSSR count). The molecule has 15 heteroatoms. The second kappa shape index (κ2) is 40.6. The number of aromatic nitrogens is 15. The fraction of sp³-hybridized carbons (Fsp3) is 0.0541. The van der Waals surface area contributed by atoms with Gasteiger partial charge in [0, 0.05) is 126 Å². The number of pyridine rings is 3. The van der Waals surface area contributed by atoms with E-state index in [0.29, 0.717) is 0 Å². The molecule has 0 atom stereocenters. The van der Waals surface area contributed by atoms with E-state index in [4.69, 9.17) is 15.0 Å². The first-order chi connectivity index (χ1) is 61.9. The molecule has 15 nitrogen and oxygen atoms in total. The van der Waals surface area contributed by atoms with E-state index < -0.39 is 0 Å². The van der Waals surface area contributed by atoms with Crippen molar-refractivity contribution in [2.75, 3.05) is 0 Å². The van der Waals surface area contributed by atoms with Gasteiger partial charge < -0.3 is 0 Å². The van der Waals surface area contributed by atoms with Crippen LogP contribution < -0.4 is 0 Å². The maximum atomic E-state index is 4.81. The van der Waals surface area contributed by atoms with E-state index >= 15 is 0 Å². The van der Waals surface area contributed by atoms with Gasteiger partial charge in [0.1, 0.15) is 0 Å². The van der Waals surface area contributed by atoms with Crippen LogP contribution in [0.3, 0.4) is 0 Å². The third-order valence-electron chi connectivity index (χ3n) is 20.3. The molecule has 0 aliphatic carbocycles. The summed E-state index contributed by atoms with van der Waals surface area (Å²) < 4.78 is 0. The molecule has 12 aromatic carbocycles. The molecule has 9 aromatic heterocycles. The summed E-state index contributed by atoms with van der Waals surface area (Å²) in [6.45, 7) is 12.0. The van der Waals surface area contributed by atoms with E-state index in [2.05, 4.69) is 163 Å². The summed E-state index contributed by atoms with van der Waals surface area (Å²) in [6, 6.07) is 132. The molecular weight excluding hydrogens is 1540 g/mol. The Hall–Kier alpha value is -16.7. The number of aryl methyl sites for hydroxylation is 6. The zero-order valence-electron chi connectivity index (χ0n) is 70.5. The maximum absolute atomic E-state index is 4.81. The number of nitrogens with zero attached hydrogens (tertiary/aromatic N) is 15. The molecule has 0 unspecified atom stereocenters. The van der Waals surface area contributed by atoms with Gasteiger partial charge in [-0.1, -0.05) is 315 Å². The van der Waals surface area contributed by atoms with E-state index in [0.717, 1.165) is 181 Å². The highest BCUT2D eigenvalue weighted by Gasteiger charge is 2.16. The molecular formula is C111H87N15. The van der Waals surface area contributed by atoms with Crippen molar-refractivity contribution in [2.45, 2.75) is 41.5 Å². The third kappa shape index (κ3) is 21.6. The van der Waals surface area contributed by atoms with Crippen molar-refractivity contribution in [2.24, 2.45) is 0 Å². The van der Waals surface area contributed by atoms with Gasteiger partial charge >= 0.3 is 0 Å². The SMILES string of the molecule is Cc1cc(-c2ccc3ccccc3c2)nc(-c2ccccc2)n1.Cc1cc(-c2cccc3ccccc23)nc(-c2ccccc2)n1.Cc1cc(-c2ccccc2)nc(-c2ccccc2)n1.Cc1cc(-c2ccccn2)nc(-c2ccccc2)n1.Cc1cc(-c2ccnc3ccccc23)nc(-c2ccccc2)n1.Cc1cc(-c2ccncc2)nc(-c2ccccc2)n1. The van der Waals surface area contributed by atoms with Crippen molar-refractivity contribution in [1.29, 1.82) is 0 Å². The summed E-state index contributed by atoms with van der Waals surface area (Å²) in [7, 11) is 0. The van der Waals surface area contributed by atoms with E-state index in [-0.39, 0.29) is 0 Å². The molecule has 126 heavy (non-hydrogen) atoms. The summed E-state index contributed by atoms with van der Waals surface area (Å²) in [4.78, 5) is 68.3. The predicted molar refractivity (Wildman–Crippen MR) is 512 cm³/mol. The average molecular weight is 1630 g/mol. The first-order valence-corrected chi connectivity index (χ1v) is 41.6. The van der Waals surface area contributed by atoms with Crippen molar-refractivity contribution in [1.82, 2.24) is 74.8 Å². The number of para-hydroxylation sites is 1. The quantitative estimate of drug-likeness (QED) is 0.112. The summed E-state index contributed by atoms with van der Waals surface area (Å²) >= 11 is 0. The molecule has 0 amide bonds. The lowest BCUT2D eigenvalue weighted by Crippen LogP contribution is -1.95. The third-order valence-corrected chi connectivity index (χ3v) is 20.3. The Kier molecular flexibility index (Phi) is 26.8. The second-order valence-corrected chi connectivity index (χ2v) is 29.8. The van der Waals surface area contributed by atoms with Gasteiger partial charge in [-0.15, -0.1) is 0 Å². The molecule has 0 bridgehead atoms. The van der Waals surface area contributed by atoms with E-state index in [9.17, 15) is 0 Å². The standard InChI is InChI=1S/2C21H16N2.C20H15N3.C17H14N2.2C16H13N3/c1-15-14-20(23-21(22-15)17-9-3-2-4-10-17)19-13-7-11-16-8-5-6-12-18(16)19;1-15-13-20(23-21(22-15)17-8-3-2-4-9-17)19-12-11-16-7-5-6-10-18(16)14-19;1-14-13-19(23-20(22-14)15-7-3-2-4-8-15)17-11-12-21-18-10-6-5-9-16(17)18;1-13-12-16(14-8-4-2-5-9-14)19-17(18-13)15-10-6-3-7-11-15;1-12-11-15(14-9-5-6-10-17-14)19-16(18-12)13-7-3-2-4-8-13;1-12-11-15(13-7-9-17-10-8-13)19-16(18-12)14-5-3-2-4-6-14/h2*2-14H,1H3;2-13H,1H3;2-12H,1H3;2*2-11H,1H3. The van der Waals surface area contributed by atoms with Gasteiger partial charge in [0.05, 0.1) is 45.4 Å². The molecule has 0 N–H and O–H groups in total. The molecule has 0 spiro atoms. The molecule has 0 saturated carbocycles. The largest absolute Gasteiger partial charge is 0.265 e. The first-order valence-electron chi connectivity index (χ1n) is 41.6. The van der Waals surface area contributed by atoms with Gasteiger partial charge in [0.15, 0.2) is 34.9 Å². The molecule has 0 aliphatic rings. The normalized spacial score (nSPS) is 10.6. The van der Waals surface area contributed by atoms with E-state index in [1.165, 1.54) is 21.5 Å². The first kappa shape index (κ1) is 83.0. The summed E-state index contributed by atoms with van der Waals surface area (Å²) in [5, 5.41) is 6.01. The lowest BCUT2D eigenvalue weighted by atomic mass is 10.0. The number of fused-ring (bicyclic) bond motifs is 3. The van der Waals surface area contributed by atoms with Crippen LogP contribution >= 0.6 is 0 Å². The van der Waals surface area contributed by atoms with Crippen LogP contribution in [-0.2, 0) is 0 Å². The van der Waals surface area contributed by atoms with Crippen LogP contribution in [-0.4, -0.2) is 74.8 Å². The molecule has 21 aromatic rings. The van der Waals surface area contributed by atoms with Gasteiger partial charge in [0.2, 0.25) is 0 Å². The van der Waals surface area contributed by atoms with Crippen molar-refractivity contribution in [3.63, 3.8) is 0 Å². The molecule has 0 radical (unpaired) electrons. The summed E-state index contributed by atoms with van der Waals surface area (Å²) in [6.07, 6.45) is 7.15. The number of benzene rings is 12. The zero-order chi connectivity index (χ0) is 86.2. The minimum absolute atomic E-state index is 0.737. The number of rotatable bonds is 12. The fourth-order valence-electron chi connectivity index (χ4n) is 14.3. The van der Waals surface area contributed by atoms with Crippen molar-refractivity contribution in [3.8, 4) is 136 Å². The fourth-order valence-corrected chi connectivity index (χ4v) is 14.3. The minimum Gasteiger partial charge on any atom is -0.265 e. The Balaban J connectivity index is 0.000000112. The van der Waals surface area contributed by atoms with Gasteiger partial charge in [-0.3, -0.25) is 15.0 Å². The topological polar surface area (TPSA) is 193 Å². The van der Waals surface area contributed by atoms with Crippen LogP contribution in [0, 0.1) is 41.5 Å². The lowest BCUT2D eigenvalue weighted by Gasteiger charge is -2.09. The summed E-state index contributed by atoms with van der Waals surface area (Å²) in [5.41, 5.74) is 24.9. The summed E-state index contributed by atoms with van der Waals surface area (Å²) in [5.74, 6) is 4.57. The molecule has 0 fully saturated rings. The Bertz CT molecular complexity index is 6540. The highest BCUT2D eigenvalue weighted by molar-refractivity contribution is 5.96. The minimum atomic E-state index is 0.737.